The van der Waals surface area contributed by atoms with Crippen molar-refractivity contribution in [3.05, 3.63) is 24.0 Å². The third kappa shape index (κ3) is 2.85. The van der Waals surface area contributed by atoms with Gasteiger partial charge in [0.2, 0.25) is 0 Å². The molecule has 0 saturated carbocycles. The summed E-state index contributed by atoms with van der Waals surface area (Å²) in [6.07, 6.45) is 5.27. The summed E-state index contributed by atoms with van der Waals surface area (Å²) < 4.78 is 12.9. The highest BCUT2D eigenvalue weighted by Gasteiger charge is 2.43. The van der Waals surface area contributed by atoms with Crippen LogP contribution in [0.5, 0.6) is 0 Å². The number of methoxy groups -OCH3 is 1. The van der Waals surface area contributed by atoms with E-state index in [1.807, 2.05) is 34.8 Å². The third-order valence-corrected chi connectivity index (χ3v) is 4.91. The summed E-state index contributed by atoms with van der Waals surface area (Å²) in [5.41, 5.74) is 1.03. The maximum atomic E-state index is 12.5. The number of nitrogens with zero attached hydrogens (tertiary/aromatic N) is 2. The number of hydrogen-bond donors (Lipinski definition) is 0. The molecule has 2 aliphatic rings. The van der Waals surface area contributed by atoms with Crippen LogP contribution >= 0.6 is 0 Å². The molecule has 1 spiro atoms. The molecular weight excluding hydrogens is 268 g/mol. The van der Waals surface area contributed by atoms with E-state index < -0.39 is 0 Å². The zero-order valence-electron chi connectivity index (χ0n) is 12.9. The van der Waals surface area contributed by atoms with Gasteiger partial charge in [-0.1, -0.05) is 0 Å². The Morgan fingerprint density at radius 1 is 1.48 bits per heavy atom. The van der Waals surface area contributed by atoms with E-state index in [1.165, 1.54) is 0 Å². The molecule has 0 bridgehead atoms. The van der Waals surface area contributed by atoms with E-state index in [-0.39, 0.29) is 17.4 Å². The second-order valence-corrected chi connectivity index (χ2v) is 6.39. The molecule has 1 amide bonds. The summed E-state index contributed by atoms with van der Waals surface area (Å²) in [4.78, 5) is 14.5. The smallest absolute Gasteiger partial charge is 0.270 e. The van der Waals surface area contributed by atoms with E-state index in [9.17, 15) is 4.79 Å². The summed E-state index contributed by atoms with van der Waals surface area (Å²) in [7, 11) is 3.63. The molecule has 5 nitrogen and oxygen atoms in total. The van der Waals surface area contributed by atoms with E-state index in [1.54, 1.807) is 7.11 Å². The van der Waals surface area contributed by atoms with Crippen LogP contribution in [0.25, 0.3) is 0 Å². The zero-order chi connectivity index (χ0) is 14.9. The van der Waals surface area contributed by atoms with Crippen molar-refractivity contribution in [3.8, 4) is 0 Å². The maximum absolute atomic E-state index is 12.5. The number of likely N-dealkylation sites (tertiary alicyclic amines) is 1. The Morgan fingerprint density at radius 2 is 2.24 bits per heavy atom. The van der Waals surface area contributed by atoms with Crippen molar-refractivity contribution < 1.29 is 14.3 Å². The van der Waals surface area contributed by atoms with E-state index in [2.05, 4.69) is 0 Å². The fourth-order valence-electron chi connectivity index (χ4n) is 3.57. The minimum atomic E-state index is 0.143. The Labute approximate surface area is 125 Å². The quantitative estimate of drug-likeness (QED) is 0.851. The molecule has 5 heteroatoms. The van der Waals surface area contributed by atoms with E-state index >= 15 is 0 Å². The lowest BCUT2D eigenvalue weighted by Gasteiger charge is -2.38. The Kier molecular flexibility index (Phi) is 4.04. The molecule has 2 aliphatic heterocycles. The standard InChI is InChI=1S/C16H24N2O3/c1-17-7-3-4-14(17)15(19)18-8-5-16(6-9-18)10-13(11-20-2)21-12-16/h3-4,7,13H,5-6,8-12H2,1-2H3/t13-/m0/s1. The predicted molar refractivity (Wildman–Crippen MR) is 79.2 cm³/mol. The average Bonchev–Trinajstić information content (AvgIpc) is 3.07. The van der Waals surface area contributed by atoms with Crippen LogP contribution in [-0.4, -0.2) is 54.9 Å². The van der Waals surface area contributed by atoms with Crippen LogP contribution < -0.4 is 0 Å². The van der Waals surface area contributed by atoms with Crippen molar-refractivity contribution in [3.63, 3.8) is 0 Å². The molecule has 2 saturated heterocycles. The fourth-order valence-corrected chi connectivity index (χ4v) is 3.57. The Balaban J connectivity index is 1.58. The number of carbonyl (C=O) groups excluding carboxylic acids is 1. The second-order valence-electron chi connectivity index (χ2n) is 6.39. The van der Waals surface area contributed by atoms with E-state index in [0.29, 0.717) is 6.61 Å². The van der Waals surface area contributed by atoms with Gasteiger partial charge in [-0.25, -0.2) is 0 Å². The van der Waals surface area contributed by atoms with Crippen molar-refractivity contribution in [2.24, 2.45) is 12.5 Å². The van der Waals surface area contributed by atoms with Gasteiger partial charge < -0.3 is 18.9 Å². The van der Waals surface area contributed by atoms with Crippen LogP contribution in [0.4, 0.5) is 0 Å². The van der Waals surface area contributed by atoms with Crippen molar-refractivity contribution in [1.29, 1.82) is 0 Å². The van der Waals surface area contributed by atoms with Gasteiger partial charge in [0, 0.05) is 33.4 Å². The SMILES string of the molecule is COC[C@@H]1CC2(CCN(C(=O)c3cccn3C)CC2)CO1. The highest BCUT2D eigenvalue weighted by Crippen LogP contribution is 2.42. The minimum Gasteiger partial charge on any atom is -0.382 e. The molecule has 0 unspecified atom stereocenters. The third-order valence-electron chi connectivity index (χ3n) is 4.91. The van der Waals surface area contributed by atoms with Crippen molar-refractivity contribution >= 4 is 5.91 Å². The van der Waals surface area contributed by atoms with Crippen molar-refractivity contribution in [1.82, 2.24) is 9.47 Å². The molecule has 3 rings (SSSR count). The van der Waals surface area contributed by atoms with Gasteiger partial charge in [-0.2, -0.15) is 0 Å². The largest absolute Gasteiger partial charge is 0.382 e. The Hall–Kier alpha value is -1.33. The highest BCUT2D eigenvalue weighted by atomic mass is 16.5. The number of rotatable bonds is 3. The van der Waals surface area contributed by atoms with Gasteiger partial charge in [0.05, 0.1) is 19.3 Å². The topological polar surface area (TPSA) is 43.7 Å². The number of aromatic nitrogens is 1. The van der Waals surface area contributed by atoms with E-state index in [0.717, 1.165) is 44.7 Å². The summed E-state index contributed by atoms with van der Waals surface area (Å²) in [5.74, 6) is 0.143. The lowest BCUT2D eigenvalue weighted by molar-refractivity contribution is 0.0280. The normalized spacial score (nSPS) is 24.7. The second kappa shape index (κ2) is 5.81. The maximum Gasteiger partial charge on any atom is 0.270 e. The Morgan fingerprint density at radius 3 is 2.86 bits per heavy atom. The summed E-state index contributed by atoms with van der Waals surface area (Å²) in [6, 6.07) is 3.80. The zero-order valence-corrected chi connectivity index (χ0v) is 12.9. The molecule has 0 aromatic carbocycles. The molecule has 1 atom stereocenters. The molecule has 1 aromatic rings. The van der Waals surface area contributed by atoms with Crippen LogP contribution in [0.2, 0.25) is 0 Å². The number of ether oxygens (including phenoxy) is 2. The van der Waals surface area contributed by atoms with Crippen molar-refractivity contribution in [2.45, 2.75) is 25.4 Å². The predicted octanol–water partition coefficient (Wildman–Crippen LogP) is 1.68. The molecule has 3 heterocycles. The van der Waals surface area contributed by atoms with Gasteiger partial charge in [-0.15, -0.1) is 0 Å². The number of hydrogen-bond acceptors (Lipinski definition) is 3. The summed E-state index contributed by atoms with van der Waals surface area (Å²) in [6.45, 7) is 3.14. The lowest BCUT2D eigenvalue weighted by Crippen LogP contribution is -2.44. The Bertz CT molecular complexity index is 503. The first-order chi connectivity index (χ1) is 10.1. The molecule has 0 aliphatic carbocycles. The molecule has 0 radical (unpaired) electrons. The van der Waals surface area contributed by atoms with Crippen LogP contribution in [0, 0.1) is 5.41 Å². The van der Waals surface area contributed by atoms with Crippen molar-refractivity contribution in [2.75, 3.05) is 33.4 Å². The van der Waals surface area contributed by atoms with Gasteiger partial charge in [0.25, 0.3) is 5.91 Å². The molecule has 116 valence electrons. The first-order valence-corrected chi connectivity index (χ1v) is 7.65. The first-order valence-electron chi connectivity index (χ1n) is 7.65. The number of aryl methyl sites for hydroxylation is 1. The monoisotopic (exact) mass is 292 g/mol. The van der Waals surface area contributed by atoms with Crippen LogP contribution in [0.1, 0.15) is 29.8 Å². The van der Waals surface area contributed by atoms with Crippen LogP contribution in [-0.2, 0) is 16.5 Å². The van der Waals surface area contributed by atoms with E-state index in [4.69, 9.17) is 9.47 Å². The number of amides is 1. The number of piperidine rings is 1. The summed E-state index contributed by atoms with van der Waals surface area (Å²) >= 11 is 0. The van der Waals surface area contributed by atoms with Gasteiger partial charge in [-0.3, -0.25) is 4.79 Å². The van der Waals surface area contributed by atoms with Gasteiger partial charge in [0.15, 0.2) is 0 Å². The summed E-state index contributed by atoms with van der Waals surface area (Å²) in [5, 5.41) is 0. The minimum absolute atomic E-state index is 0.143. The molecule has 1 aromatic heterocycles. The fraction of sp³-hybridized carbons (Fsp3) is 0.688. The number of carbonyl (C=O) groups is 1. The highest BCUT2D eigenvalue weighted by molar-refractivity contribution is 5.92. The molecular formula is C16H24N2O3. The first kappa shape index (κ1) is 14.6. The van der Waals surface area contributed by atoms with Crippen LogP contribution in [0.15, 0.2) is 18.3 Å². The molecule has 0 N–H and O–H groups in total. The van der Waals surface area contributed by atoms with Gasteiger partial charge in [-0.05, 0) is 36.8 Å². The van der Waals surface area contributed by atoms with Crippen LogP contribution in [0.3, 0.4) is 0 Å². The lowest BCUT2D eigenvalue weighted by atomic mass is 9.76. The molecule has 2 fully saturated rings. The van der Waals surface area contributed by atoms with Gasteiger partial charge in [0.1, 0.15) is 5.69 Å². The van der Waals surface area contributed by atoms with Gasteiger partial charge >= 0.3 is 0 Å². The average molecular weight is 292 g/mol. The molecule has 21 heavy (non-hydrogen) atoms.